The van der Waals surface area contributed by atoms with Gasteiger partial charge in [-0.2, -0.15) is 0 Å². The van der Waals surface area contributed by atoms with Crippen molar-refractivity contribution in [1.82, 2.24) is 15.2 Å². The van der Waals surface area contributed by atoms with Crippen LogP contribution in [0.1, 0.15) is 35.8 Å². The minimum atomic E-state index is -0.0614. The molecule has 0 saturated heterocycles. The van der Waals surface area contributed by atoms with Gasteiger partial charge in [0.1, 0.15) is 0 Å². The number of carbonyl (C=O) groups is 1. The van der Waals surface area contributed by atoms with Crippen molar-refractivity contribution in [2.45, 2.75) is 32.7 Å². The van der Waals surface area contributed by atoms with Gasteiger partial charge in [0.2, 0.25) is 0 Å². The summed E-state index contributed by atoms with van der Waals surface area (Å²) in [5, 5.41) is 6.02. The molecule has 2 rings (SSSR count). The van der Waals surface area contributed by atoms with E-state index in [1.54, 1.807) is 6.20 Å². The molecule has 2 N–H and O–H groups in total. The van der Waals surface area contributed by atoms with Crippen molar-refractivity contribution >= 4 is 11.6 Å². The molecule has 1 saturated carbocycles. The molecule has 1 heterocycles. The fourth-order valence-corrected chi connectivity index (χ4v) is 2.39. The fourth-order valence-electron chi connectivity index (χ4n) is 2.39. The highest BCUT2D eigenvalue weighted by Gasteiger charge is 2.27. The summed E-state index contributed by atoms with van der Waals surface area (Å²) in [6, 6.07) is 2.63. The Morgan fingerprint density at radius 3 is 2.85 bits per heavy atom. The molecule has 1 aliphatic rings. The first-order valence-corrected chi connectivity index (χ1v) is 7.32. The Morgan fingerprint density at radius 2 is 2.25 bits per heavy atom. The molecule has 110 valence electrons. The summed E-state index contributed by atoms with van der Waals surface area (Å²) in [5.41, 5.74) is 2.33. The zero-order chi connectivity index (χ0) is 14.5. The van der Waals surface area contributed by atoms with Crippen LogP contribution in [-0.4, -0.2) is 48.5 Å². The number of amides is 1. The largest absolute Gasteiger partial charge is 0.387 e. The predicted molar refractivity (Wildman–Crippen MR) is 81.1 cm³/mol. The second kappa shape index (κ2) is 6.70. The molecule has 5 heteroatoms. The smallest absolute Gasteiger partial charge is 0.254 e. The second-order valence-electron chi connectivity index (χ2n) is 5.24. The normalized spacial score (nSPS) is 14.4. The highest BCUT2D eigenvalue weighted by atomic mass is 16.1. The Bertz CT molecular complexity index is 471. The van der Waals surface area contributed by atoms with Crippen LogP contribution >= 0.6 is 0 Å². The fraction of sp³-hybridized carbons (Fsp3) is 0.600. The second-order valence-corrected chi connectivity index (χ2v) is 5.24. The van der Waals surface area contributed by atoms with Crippen molar-refractivity contribution in [3.63, 3.8) is 0 Å². The monoisotopic (exact) mass is 276 g/mol. The van der Waals surface area contributed by atoms with Crippen LogP contribution in [0.4, 0.5) is 5.69 Å². The highest BCUT2D eigenvalue weighted by molar-refractivity contribution is 5.99. The summed E-state index contributed by atoms with van der Waals surface area (Å²) in [5.74, 6) is -0.0614. The van der Waals surface area contributed by atoms with E-state index in [1.807, 2.05) is 20.0 Å². The van der Waals surface area contributed by atoms with Crippen molar-refractivity contribution in [3.8, 4) is 0 Å². The van der Waals surface area contributed by atoms with Gasteiger partial charge in [-0.3, -0.25) is 14.7 Å². The van der Waals surface area contributed by atoms with Gasteiger partial charge in [-0.05, 0) is 32.4 Å². The quantitative estimate of drug-likeness (QED) is 0.795. The summed E-state index contributed by atoms with van der Waals surface area (Å²) in [7, 11) is 1.82. The number of carbonyl (C=O) groups excluding carboxylic acids is 1. The minimum Gasteiger partial charge on any atom is -0.387 e. The van der Waals surface area contributed by atoms with Crippen LogP contribution in [0, 0.1) is 6.92 Å². The molecule has 1 aliphatic carbocycles. The van der Waals surface area contributed by atoms with Gasteiger partial charge in [0.15, 0.2) is 0 Å². The van der Waals surface area contributed by atoms with Crippen molar-refractivity contribution < 1.29 is 4.79 Å². The molecule has 0 radical (unpaired) electrons. The van der Waals surface area contributed by atoms with Crippen LogP contribution < -0.4 is 10.6 Å². The van der Waals surface area contributed by atoms with Gasteiger partial charge >= 0.3 is 0 Å². The van der Waals surface area contributed by atoms with Crippen LogP contribution in [0.15, 0.2) is 12.3 Å². The number of aryl methyl sites for hydroxylation is 1. The van der Waals surface area contributed by atoms with Crippen molar-refractivity contribution in [1.29, 1.82) is 0 Å². The summed E-state index contributed by atoms with van der Waals surface area (Å²) < 4.78 is 0. The van der Waals surface area contributed by atoms with Crippen LogP contribution in [0.3, 0.4) is 0 Å². The van der Waals surface area contributed by atoms with E-state index in [9.17, 15) is 4.79 Å². The third kappa shape index (κ3) is 3.70. The zero-order valence-electron chi connectivity index (χ0n) is 12.6. The van der Waals surface area contributed by atoms with Gasteiger partial charge in [0, 0.05) is 38.1 Å². The lowest BCUT2D eigenvalue weighted by Gasteiger charge is -2.20. The van der Waals surface area contributed by atoms with Crippen LogP contribution in [0.5, 0.6) is 0 Å². The molecular weight excluding hydrogens is 252 g/mol. The Balaban J connectivity index is 1.88. The molecule has 5 nitrogen and oxygen atoms in total. The number of rotatable bonds is 7. The van der Waals surface area contributed by atoms with E-state index >= 15 is 0 Å². The summed E-state index contributed by atoms with van der Waals surface area (Å²) >= 11 is 0. The molecule has 1 aromatic heterocycles. The summed E-state index contributed by atoms with van der Waals surface area (Å²) in [6.07, 6.45) is 4.23. The average molecular weight is 276 g/mol. The molecular formula is C15H24N4O. The molecule has 0 bridgehead atoms. The number of nitrogens with zero attached hydrogens (tertiary/aromatic N) is 2. The van der Waals surface area contributed by atoms with E-state index in [0.29, 0.717) is 12.1 Å². The molecule has 0 unspecified atom stereocenters. The number of hydrogen-bond donors (Lipinski definition) is 2. The molecule has 0 aliphatic heterocycles. The van der Waals surface area contributed by atoms with Gasteiger partial charge in [-0.1, -0.05) is 6.92 Å². The Hall–Kier alpha value is -1.62. The number of likely N-dealkylation sites (N-methyl/N-ethyl adjacent to an activating group) is 1. The van der Waals surface area contributed by atoms with E-state index in [2.05, 4.69) is 27.4 Å². The molecule has 20 heavy (non-hydrogen) atoms. The molecule has 1 aromatic rings. The average Bonchev–Trinajstić information content (AvgIpc) is 3.27. The SMILES string of the molecule is CCN(CCNC(=O)c1cnc(C)cc1NC)C1CC1. The molecule has 0 atom stereocenters. The van der Waals surface area contributed by atoms with Crippen LogP contribution in [-0.2, 0) is 0 Å². The first-order chi connectivity index (χ1) is 9.65. The lowest BCUT2D eigenvalue weighted by atomic mass is 10.2. The van der Waals surface area contributed by atoms with Gasteiger partial charge in [-0.15, -0.1) is 0 Å². The third-order valence-electron chi connectivity index (χ3n) is 3.71. The lowest BCUT2D eigenvalue weighted by Crippen LogP contribution is -2.36. The summed E-state index contributed by atoms with van der Waals surface area (Å²) in [6.45, 7) is 6.73. The number of pyridine rings is 1. The number of nitrogens with one attached hydrogen (secondary N) is 2. The molecule has 1 fully saturated rings. The minimum absolute atomic E-state index is 0.0614. The summed E-state index contributed by atoms with van der Waals surface area (Å²) in [4.78, 5) is 18.8. The van der Waals surface area contributed by atoms with Gasteiger partial charge < -0.3 is 10.6 Å². The Morgan fingerprint density at radius 1 is 1.50 bits per heavy atom. The maximum absolute atomic E-state index is 12.2. The van der Waals surface area contributed by atoms with Gasteiger partial charge in [-0.25, -0.2) is 0 Å². The van der Waals surface area contributed by atoms with Crippen LogP contribution in [0.2, 0.25) is 0 Å². The predicted octanol–water partition coefficient (Wildman–Crippen LogP) is 1.65. The number of hydrogen-bond acceptors (Lipinski definition) is 4. The van der Waals surface area contributed by atoms with Crippen molar-refractivity contribution in [2.24, 2.45) is 0 Å². The Kier molecular flexibility index (Phi) is 4.95. The molecule has 1 amide bonds. The molecule has 0 aromatic carbocycles. The number of aromatic nitrogens is 1. The Labute approximate surface area is 120 Å². The first-order valence-electron chi connectivity index (χ1n) is 7.32. The van der Waals surface area contributed by atoms with E-state index in [0.717, 1.165) is 30.5 Å². The maximum Gasteiger partial charge on any atom is 0.254 e. The van der Waals surface area contributed by atoms with E-state index in [1.165, 1.54) is 12.8 Å². The third-order valence-corrected chi connectivity index (χ3v) is 3.71. The molecule has 0 spiro atoms. The van der Waals surface area contributed by atoms with E-state index < -0.39 is 0 Å². The number of anilines is 1. The highest BCUT2D eigenvalue weighted by Crippen LogP contribution is 2.25. The zero-order valence-corrected chi connectivity index (χ0v) is 12.6. The van der Waals surface area contributed by atoms with E-state index in [4.69, 9.17) is 0 Å². The standard InChI is InChI=1S/C15H24N4O/c1-4-19(12-5-6-12)8-7-17-15(20)13-10-18-11(2)9-14(13)16-3/h9-10,12H,4-8H2,1-3H3,(H,16,18)(H,17,20). The van der Waals surface area contributed by atoms with Crippen molar-refractivity contribution in [3.05, 3.63) is 23.5 Å². The van der Waals surface area contributed by atoms with Crippen LogP contribution in [0.25, 0.3) is 0 Å². The topological polar surface area (TPSA) is 57.3 Å². The van der Waals surface area contributed by atoms with Gasteiger partial charge in [0.05, 0.1) is 11.3 Å². The van der Waals surface area contributed by atoms with E-state index in [-0.39, 0.29) is 5.91 Å². The van der Waals surface area contributed by atoms with Crippen molar-refractivity contribution in [2.75, 3.05) is 32.0 Å². The maximum atomic E-state index is 12.2. The lowest BCUT2D eigenvalue weighted by molar-refractivity contribution is 0.0948. The van der Waals surface area contributed by atoms with Gasteiger partial charge in [0.25, 0.3) is 5.91 Å². The first kappa shape index (κ1) is 14.8.